The van der Waals surface area contributed by atoms with Crippen molar-refractivity contribution in [2.24, 2.45) is 0 Å². The normalized spacial score (nSPS) is 17.2. The van der Waals surface area contributed by atoms with Crippen LogP contribution in [-0.2, 0) is 6.42 Å². The van der Waals surface area contributed by atoms with Crippen molar-refractivity contribution < 1.29 is 0 Å². The second kappa shape index (κ2) is 3.44. The third-order valence-corrected chi connectivity index (χ3v) is 4.36. The summed E-state index contributed by atoms with van der Waals surface area (Å²) < 4.78 is 3.65. The Morgan fingerprint density at radius 2 is 2.29 bits per heavy atom. The number of thiazole rings is 1. The van der Waals surface area contributed by atoms with Gasteiger partial charge in [0.1, 0.15) is 0 Å². The van der Waals surface area contributed by atoms with Crippen LogP contribution in [0.2, 0.25) is 0 Å². The van der Waals surface area contributed by atoms with Crippen LogP contribution >= 0.6 is 11.3 Å². The Hall–Kier alpha value is -1.61. The van der Waals surface area contributed by atoms with E-state index in [0.29, 0.717) is 0 Å². The first-order valence-electron chi connectivity index (χ1n) is 5.97. The molecule has 0 aromatic carbocycles. The molecule has 2 aromatic heterocycles. The molecule has 0 saturated heterocycles. The van der Waals surface area contributed by atoms with Crippen molar-refractivity contribution in [1.29, 1.82) is 0 Å². The van der Waals surface area contributed by atoms with Crippen molar-refractivity contribution in [3.63, 3.8) is 0 Å². The van der Waals surface area contributed by atoms with E-state index >= 15 is 0 Å². The molecule has 0 bridgehead atoms. The van der Waals surface area contributed by atoms with Gasteiger partial charge in [0.15, 0.2) is 4.96 Å². The molecule has 2 nitrogen and oxygen atoms in total. The third-order valence-electron chi connectivity index (χ3n) is 3.31. The van der Waals surface area contributed by atoms with Gasteiger partial charge in [0.05, 0.1) is 21.3 Å². The summed E-state index contributed by atoms with van der Waals surface area (Å²) in [4.78, 5) is 5.89. The maximum Gasteiger partial charge on any atom is 0.195 e. The van der Waals surface area contributed by atoms with Crippen LogP contribution in [0.4, 0.5) is 0 Å². The highest BCUT2D eigenvalue weighted by molar-refractivity contribution is 7.15. The minimum Gasteiger partial charge on any atom is -0.283 e. The number of aromatic nitrogens is 2. The van der Waals surface area contributed by atoms with Crippen LogP contribution in [0.1, 0.15) is 24.2 Å². The van der Waals surface area contributed by atoms with Crippen LogP contribution in [0.3, 0.4) is 0 Å². The third kappa shape index (κ3) is 1.29. The van der Waals surface area contributed by atoms with Crippen molar-refractivity contribution >= 4 is 34.5 Å². The Bertz CT molecular complexity index is 771. The number of allylic oxidation sites excluding steroid dienone is 3. The number of nitrogens with zero attached hydrogens (tertiary/aromatic N) is 2. The number of hydrogen-bond donors (Lipinski definition) is 0. The molecule has 0 amide bonds. The minimum absolute atomic E-state index is 1.02. The van der Waals surface area contributed by atoms with E-state index in [1.807, 2.05) is 0 Å². The zero-order valence-corrected chi connectivity index (χ0v) is 10.2. The summed E-state index contributed by atoms with van der Waals surface area (Å²) in [6, 6.07) is 0. The fraction of sp³-hybridized carbons (Fsp3) is 0.214. The van der Waals surface area contributed by atoms with Gasteiger partial charge in [0.25, 0.3) is 0 Å². The molecule has 0 spiro atoms. The average molecular weight is 240 g/mol. The van der Waals surface area contributed by atoms with Gasteiger partial charge in [0, 0.05) is 0 Å². The first-order valence-corrected chi connectivity index (χ1v) is 6.79. The summed E-state index contributed by atoms with van der Waals surface area (Å²) in [5.41, 5.74) is 2.53. The van der Waals surface area contributed by atoms with E-state index in [-0.39, 0.29) is 0 Å². The predicted octanol–water partition coefficient (Wildman–Crippen LogP) is 1.88. The van der Waals surface area contributed by atoms with E-state index in [0.717, 1.165) is 24.2 Å². The fourth-order valence-electron chi connectivity index (χ4n) is 2.50. The maximum absolute atomic E-state index is 4.75. The molecule has 4 rings (SSSR count). The lowest BCUT2D eigenvalue weighted by Gasteiger charge is -2.02. The summed E-state index contributed by atoms with van der Waals surface area (Å²) in [5.74, 6) is 0. The van der Waals surface area contributed by atoms with Gasteiger partial charge in [-0.25, -0.2) is 4.98 Å². The van der Waals surface area contributed by atoms with Gasteiger partial charge in [-0.3, -0.25) is 4.40 Å². The molecule has 0 radical (unpaired) electrons. The van der Waals surface area contributed by atoms with Crippen LogP contribution in [0.25, 0.3) is 23.2 Å². The topological polar surface area (TPSA) is 17.3 Å². The van der Waals surface area contributed by atoms with Crippen molar-refractivity contribution in [1.82, 2.24) is 9.38 Å². The van der Waals surface area contributed by atoms with Gasteiger partial charge < -0.3 is 0 Å². The molecule has 0 fully saturated rings. The summed E-state index contributed by atoms with van der Waals surface area (Å²) in [5, 5.41) is 1.29. The van der Waals surface area contributed by atoms with E-state index in [1.165, 1.54) is 21.3 Å². The molecule has 84 valence electrons. The number of imidazole rings is 1. The zero-order chi connectivity index (χ0) is 11.2. The van der Waals surface area contributed by atoms with E-state index < -0.39 is 0 Å². The Labute approximate surface area is 103 Å². The van der Waals surface area contributed by atoms with Crippen LogP contribution in [-0.4, -0.2) is 9.38 Å². The lowest BCUT2D eigenvalue weighted by atomic mass is 10.1. The number of aryl methyl sites for hydroxylation is 1. The van der Waals surface area contributed by atoms with Gasteiger partial charge in [-0.15, -0.1) is 0 Å². The SMILES string of the molecule is C1=CCC=c2sc3nc4c(n3c2=C1)C=CCC4. The van der Waals surface area contributed by atoms with Crippen LogP contribution in [0, 0.1) is 0 Å². The fourth-order valence-corrected chi connectivity index (χ4v) is 3.59. The Morgan fingerprint density at radius 3 is 3.29 bits per heavy atom. The number of hydrogen-bond acceptors (Lipinski definition) is 2. The van der Waals surface area contributed by atoms with Crippen molar-refractivity contribution in [2.75, 3.05) is 0 Å². The van der Waals surface area contributed by atoms with E-state index in [1.54, 1.807) is 11.3 Å². The molecule has 0 atom stereocenters. The molecule has 0 unspecified atom stereocenters. The molecule has 2 heterocycles. The standard InChI is InChI=1S/C14H12N2S/c1-2-8-12-13(9-3-1)17-14-15-10-6-4-5-7-11(10)16(12)14/h1-2,5,7-9H,3-4,6H2. The molecule has 17 heavy (non-hydrogen) atoms. The molecule has 2 aliphatic rings. The minimum atomic E-state index is 1.02. The molecular weight excluding hydrogens is 228 g/mol. The highest BCUT2D eigenvalue weighted by Crippen LogP contribution is 2.20. The second-order valence-electron chi connectivity index (χ2n) is 4.39. The van der Waals surface area contributed by atoms with Crippen molar-refractivity contribution in [3.05, 3.63) is 39.5 Å². The van der Waals surface area contributed by atoms with Gasteiger partial charge in [0.2, 0.25) is 0 Å². The molecule has 0 aliphatic heterocycles. The monoisotopic (exact) mass is 240 g/mol. The zero-order valence-electron chi connectivity index (χ0n) is 9.39. The Balaban J connectivity index is 2.22. The quantitative estimate of drug-likeness (QED) is 0.687. The maximum atomic E-state index is 4.75. The molecule has 2 aliphatic carbocycles. The lowest BCUT2D eigenvalue weighted by Crippen LogP contribution is -2.24. The molecule has 2 aromatic rings. The van der Waals surface area contributed by atoms with Gasteiger partial charge in [-0.2, -0.15) is 0 Å². The van der Waals surface area contributed by atoms with Crippen LogP contribution in [0.15, 0.2) is 18.2 Å². The van der Waals surface area contributed by atoms with Gasteiger partial charge >= 0.3 is 0 Å². The van der Waals surface area contributed by atoms with Crippen LogP contribution in [0.5, 0.6) is 0 Å². The van der Waals surface area contributed by atoms with Crippen molar-refractivity contribution in [3.8, 4) is 0 Å². The molecule has 0 N–H and O–H groups in total. The van der Waals surface area contributed by atoms with Gasteiger partial charge in [-0.05, 0) is 31.4 Å². The van der Waals surface area contributed by atoms with Crippen LogP contribution < -0.4 is 9.88 Å². The smallest absolute Gasteiger partial charge is 0.195 e. The Morgan fingerprint density at radius 1 is 1.29 bits per heavy atom. The lowest BCUT2D eigenvalue weighted by molar-refractivity contribution is 0.938. The van der Waals surface area contributed by atoms with E-state index in [2.05, 4.69) is 40.9 Å². The van der Waals surface area contributed by atoms with Gasteiger partial charge in [-0.1, -0.05) is 35.6 Å². The highest BCUT2D eigenvalue weighted by Gasteiger charge is 2.15. The molecular formula is C14H12N2S. The molecule has 0 saturated carbocycles. The van der Waals surface area contributed by atoms with E-state index in [4.69, 9.17) is 4.98 Å². The summed E-state index contributed by atoms with van der Waals surface area (Å²) >= 11 is 1.80. The first kappa shape index (κ1) is 9.42. The predicted molar refractivity (Wildman–Crippen MR) is 72.4 cm³/mol. The largest absolute Gasteiger partial charge is 0.283 e. The summed E-state index contributed by atoms with van der Waals surface area (Å²) in [6.45, 7) is 0. The first-order chi connectivity index (χ1) is 8.43. The van der Waals surface area contributed by atoms with E-state index in [9.17, 15) is 0 Å². The Kier molecular flexibility index (Phi) is 1.91. The summed E-state index contributed by atoms with van der Waals surface area (Å²) in [7, 11) is 0. The number of fused-ring (bicyclic) bond motifs is 5. The molecule has 3 heteroatoms. The highest BCUT2D eigenvalue weighted by atomic mass is 32.1. The summed E-state index contributed by atoms with van der Waals surface area (Å²) in [6.07, 6.45) is 16.5. The average Bonchev–Trinajstić information content (AvgIpc) is 2.77. The van der Waals surface area contributed by atoms with Crippen molar-refractivity contribution in [2.45, 2.75) is 19.3 Å². The number of rotatable bonds is 0. The second-order valence-corrected chi connectivity index (χ2v) is 5.40.